The molecule has 0 fully saturated rings. The number of carbonyl (C=O) groups excluding carboxylic acids is 1. The zero-order valence-corrected chi connectivity index (χ0v) is 14.8. The van der Waals surface area contributed by atoms with Gasteiger partial charge in [0.2, 0.25) is 0 Å². The Hall–Kier alpha value is -2.40. The Bertz CT molecular complexity index is 733. The maximum Gasteiger partial charge on any atom is 0.255 e. The fourth-order valence-corrected chi connectivity index (χ4v) is 2.49. The van der Waals surface area contributed by atoms with E-state index in [1.807, 2.05) is 19.1 Å². The van der Waals surface area contributed by atoms with E-state index >= 15 is 0 Å². The van der Waals surface area contributed by atoms with E-state index < -0.39 is 0 Å². The molecule has 6 heteroatoms. The second-order valence-electron chi connectivity index (χ2n) is 5.15. The SMILES string of the molecule is COc1ccc([C@@H](C)NC(=O)c2ccc(Cl)cc2OC)cc1OC. The van der Waals surface area contributed by atoms with E-state index in [2.05, 4.69) is 5.32 Å². The highest BCUT2D eigenvalue weighted by Gasteiger charge is 2.17. The van der Waals surface area contributed by atoms with Crippen LogP contribution in [0.5, 0.6) is 17.2 Å². The van der Waals surface area contributed by atoms with Gasteiger partial charge in [-0.1, -0.05) is 17.7 Å². The lowest BCUT2D eigenvalue weighted by atomic mass is 10.1. The highest BCUT2D eigenvalue weighted by atomic mass is 35.5. The third-order valence-electron chi connectivity index (χ3n) is 3.66. The van der Waals surface area contributed by atoms with E-state index in [1.54, 1.807) is 38.5 Å². The molecular formula is C18H20ClNO4. The van der Waals surface area contributed by atoms with Crippen molar-refractivity contribution in [1.29, 1.82) is 0 Å². The van der Waals surface area contributed by atoms with Gasteiger partial charge in [0.25, 0.3) is 5.91 Å². The van der Waals surface area contributed by atoms with Crippen molar-refractivity contribution < 1.29 is 19.0 Å². The highest BCUT2D eigenvalue weighted by molar-refractivity contribution is 6.30. The number of rotatable bonds is 6. The minimum Gasteiger partial charge on any atom is -0.496 e. The van der Waals surface area contributed by atoms with E-state index in [0.717, 1.165) is 5.56 Å². The number of halogens is 1. The van der Waals surface area contributed by atoms with Gasteiger partial charge in [-0.3, -0.25) is 4.79 Å². The molecule has 0 saturated carbocycles. The van der Waals surface area contributed by atoms with Gasteiger partial charge in [0.05, 0.1) is 32.9 Å². The van der Waals surface area contributed by atoms with E-state index in [9.17, 15) is 4.79 Å². The molecule has 5 nitrogen and oxygen atoms in total. The predicted octanol–water partition coefficient (Wildman–Crippen LogP) is 3.86. The standard InChI is InChI=1S/C18H20ClNO4/c1-11(12-5-8-15(22-2)17(9-12)24-4)20-18(21)14-7-6-13(19)10-16(14)23-3/h5-11H,1-4H3,(H,20,21)/t11-/m1/s1. The monoisotopic (exact) mass is 349 g/mol. The first-order valence-electron chi connectivity index (χ1n) is 7.36. The van der Waals surface area contributed by atoms with Crippen LogP contribution in [0.4, 0.5) is 0 Å². The van der Waals surface area contributed by atoms with Crippen LogP contribution >= 0.6 is 11.6 Å². The minimum absolute atomic E-state index is 0.224. The van der Waals surface area contributed by atoms with Crippen LogP contribution in [-0.2, 0) is 0 Å². The summed E-state index contributed by atoms with van der Waals surface area (Å²) in [6.45, 7) is 1.89. The van der Waals surface area contributed by atoms with Crippen molar-refractivity contribution in [2.45, 2.75) is 13.0 Å². The molecule has 0 aromatic heterocycles. The average molecular weight is 350 g/mol. The fraction of sp³-hybridized carbons (Fsp3) is 0.278. The summed E-state index contributed by atoms with van der Waals surface area (Å²) in [4.78, 5) is 12.5. The summed E-state index contributed by atoms with van der Waals surface area (Å²) >= 11 is 5.93. The van der Waals surface area contributed by atoms with Gasteiger partial charge < -0.3 is 19.5 Å². The van der Waals surface area contributed by atoms with Gasteiger partial charge in [-0.2, -0.15) is 0 Å². The topological polar surface area (TPSA) is 56.8 Å². The molecule has 1 N–H and O–H groups in total. The summed E-state index contributed by atoms with van der Waals surface area (Å²) in [5.74, 6) is 1.43. The highest BCUT2D eigenvalue weighted by Crippen LogP contribution is 2.30. The van der Waals surface area contributed by atoms with Crippen LogP contribution in [-0.4, -0.2) is 27.2 Å². The quantitative estimate of drug-likeness (QED) is 0.860. The summed E-state index contributed by atoms with van der Waals surface area (Å²) in [6.07, 6.45) is 0. The van der Waals surface area contributed by atoms with Gasteiger partial charge in [0.15, 0.2) is 11.5 Å². The number of carbonyl (C=O) groups is 1. The van der Waals surface area contributed by atoms with Crippen molar-refractivity contribution >= 4 is 17.5 Å². The second kappa shape index (κ2) is 7.93. The zero-order chi connectivity index (χ0) is 17.7. The fourth-order valence-electron chi connectivity index (χ4n) is 2.33. The summed E-state index contributed by atoms with van der Waals surface area (Å²) in [7, 11) is 4.65. The van der Waals surface area contributed by atoms with Crippen LogP contribution in [0.25, 0.3) is 0 Å². The average Bonchev–Trinajstić information content (AvgIpc) is 2.60. The Morgan fingerprint density at radius 3 is 2.25 bits per heavy atom. The molecule has 0 heterocycles. The summed E-state index contributed by atoms with van der Waals surface area (Å²) in [5.41, 5.74) is 1.32. The number of benzene rings is 2. The number of amides is 1. The first kappa shape index (κ1) is 17.9. The lowest BCUT2D eigenvalue weighted by Crippen LogP contribution is -2.27. The largest absolute Gasteiger partial charge is 0.496 e. The predicted molar refractivity (Wildman–Crippen MR) is 93.4 cm³/mol. The van der Waals surface area contributed by atoms with E-state index in [0.29, 0.717) is 27.8 Å². The molecule has 0 saturated heterocycles. The number of nitrogens with one attached hydrogen (secondary N) is 1. The maximum atomic E-state index is 12.5. The summed E-state index contributed by atoms with van der Waals surface area (Å²) in [5, 5.41) is 3.45. The Morgan fingerprint density at radius 2 is 1.62 bits per heavy atom. The van der Waals surface area contributed by atoms with Crippen molar-refractivity contribution in [3.63, 3.8) is 0 Å². The van der Waals surface area contributed by atoms with Gasteiger partial charge in [-0.25, -0.2) is 0 Å². The molecule has 2 aromatic carbocycles. The molecule has 2 aromatic rings. The van der Waals surface area contributed by atoms with Gasteiger partial charge in [-0.05, 0) is 42.8 Å². The molecule has 0 spiro atoms. The Kier molecular flexibility index (Phi) is 5.93. The van der Waals surface area contributed by atoms with Crippen molar-refractivity contribution in [3.05, 3.63) is 52.5 Å². The normalized spacial score (nSPS) is 11.5. The molecule has 0 aliphatic heterocycles. The summed E-state index contributed by atoms with van der Waals surface area (Å²) in [6, 6.07) is 10.2. The third kappa shape index (κ3) is 3.92. The minimum atomic E-state index is -0.245. The first-order valence-corrected chi connectivity index (χ1v) is 7.74. The van der Waals surface area contributed by atoms with E-state index in [1.165, 1.54) is 7.11 Å². The van der Waals surface area contributed by atoms with Crippen LogP contribution in [0.1, 0.15) is 28.9 Å². The van der Waals surface area contributed by atoms with Gasteiger partial charge >= 0.3 is 0 Å². The molecule has 1 atom stereocenters. The molecule has 2 rings (SSSR count). The van der Waals surface area contributed by atoms with E-state index in [4.69, 9.17) is 25.8 Å². The molecule has 24 heavy (non-hydrogen) atoms. The molecule has 0 unspecified atom stereocenters. The zero-order valence-electron chi connectivity index (χ0n) is 14.1. The Morgan fingerprint density at radius 1 is 0.958 bits per heavy atom. The molecule has 0 aliphatic rings. The molecule has 0 radical (unpaired) electrons. The lowest BCUT2D eigenvalue weighted by molar-refractivity contribution is 0.0937. The number of hydrogen-bond donors (Lipinski definition) is 1. The van der Waals surface area contributed by atoms with E-state index in [-0.39, 0.29) is 11.9 Å². The van der Waals surface area contributed by atoms with Gasteiger partial charge in [0, 0.05) is 5.02 Å². The van der Waals surface area contributed by atoms with Crippen LogP contribution in [0.15, 0.2) is 36.4 Å². The van der Waals surface area contributed by atoms with Crippen molar-refractivity contribution in [3.8, 4) is 17.2 Å². The first-order chi connectivity index (χ1) is 11.5. The van der Waals surface area contributed by atoms with Crippen molar-refractivity contribution in [2.75, 3.05) is 21.3 Å². The van der Waals surface area contributed by atoms with Gasteiger partial charge in [0.1, 0.15) is 5.75 Å². The summed E-state index contributed by atoms with van der Waals surface area (Å²) < 4.78 is 15.7. The number of hydrogen-bond acceptors (Lipinski definition) is 4. The maximum absolute atomic E-state index is 12.5. The number of methoxy groups -OCH3 is 3. The van der Waals surface area contributed by atoms with Crippen LogP contribution in [0.2, 0.25) is 5.02 Å². The molecule has 1 amide bonds. The van der Waals surface area contributed by atoms with Crippen molar-refractivity contribution in [2.24, 2.45) is 0 Å². The third-order valence-corrected chi connectivity index (χ3v) is 3.90. The van der Waals surface area contributed by atoms with Crippen LogP contribution in [0.3, 0.4) is 0 Å². The Balaban J connectivity index is 2.20. The van der Waals surface area contributed by atoms with Gasteiger partial charge in [-0.15, -0.1) is 0 Å². The number of ether oxygens (including phenoxy) is 3. The second-order valence-corrected chi connectivity index (χ2v) is 5.59. The van der Waals surface area contributed by atoms with Crippen LogP contribution in [0, 0.1) is 0 Å². The molecule has 128 valence electrons. The smallest absolute Gasteiger partial charge is 0.255 e. The van der Waals surface area contributed by atoms with Crippen LogP contribution < -0.4 is 19.5 Å². The molecular weight excluding hydrogens is 330 g/mol. The molecule has 0 aliphatic carbocycles. The Labute approximate surface area is 146 Å². The van der Waals surface area contributed by atoms with Crippen molar-refractivity contribution in [1.82, 2.24) is 5.32 Å². The lowest BCUT2D eigenvalue weighted by Gasteiger charge is -2.17. The molecule has 0 bridgehead atoms.